The molecule has 0 atom stereocenters. The van der Waals surface area contributed by atoms with E-state index < -0.39 is 5.91 Å². The summed E-state index contributed by atoms with van der Waals surface area (Å²) in [5.41, 5.74) is 13.9. The lowest BCUT2D eigenvalue weighted by atomic mass is 10.2. The maximum atomic E-state index is 12.9. The third-order valence-electron chi connectivity index (χ3n) is 5.53. The molecule has 0 unspecified atom stereocenters. The summed E-state index contributed by atoms with van der Waals surface area (Å²) in [6, 6.07) is 15.6. The predicted octanol–water partition coefficient (Wildman–Crippen LogP) is 3.34. The van der Waals surface area contributed by atoms with E-state index in [0.717, 1.165) is 29.4 Å². The highest BCUT2D eigenvalue weighted by atomic mass is 79.9. The summed E-state index contributed by atoms with van der Waals surface area (Å²) in [7, 11) is 1.73. The molecule has 1 aromatic heterocycles. The molecule has 39 heavy (non-hydrogen) atoms. The third-order valence-corrected chi connectivity index (χ3v) is 6.24. The second-order valence-corrected chi connectivity index (χ2v) is 10.00. The lowest BCUT2D eigenvalue weighted by Crippen LogP contribution is -2.27. The molecule has 0 saturated carbocycles. The first kappa shape index (κ1) is 29.7. The van der Waals surface area contributed by atoms with E-state index in [-0.39, 0.29) is 24.3 Å². The van der Waals surface area contributed by atoms with E-state index in [1.165, 1.54) is 0 Å². The summed E-state index contributed by atoms with van der Waals surface area (Å²) in [5, 5.41) is 10.0. The first-order valence-corrected chi connectivity index (χ1v) is 14.2. The summed E-state index contributed by atoms with van der Waals surface area (Å²) < 4.78 is 1.64. The summed E-state index contributed by atoms with van der Waals surface area (Å²) >= 11 is 6.96. The van der Waals surface area contributed by atoms with Gasteiger partial charge in [0.05, 0.1) is 5.69 Å². The molecule has 3 aromatic rings. The van der Waals surface area contributed by atoms with Crippen molar-refractivity contribution in [3.8, 4) is 0 Å². The minimum absolute atomic E-state index is 0.175. The molecule has 0 bridgehead atoms. The molecule has 206 valence electrons. The highest BCUT2D eigenvalue weighted by Crippen LogP contribution is 2.21. The normalized spacial score (nSPS) is 10.4. The second-order valence-electron chi connectivity index (χ2n) is 8.41. The number of nitrogens with two attached hydrogens (primary N) is 2. The van der Waals surface area contributed by atoms with Gasteiger partial charge in [0.1, 0.15) is 12.2 Å². The Morgan fingerprint density at radius 3 is 2.00 bits per heavy atom. The van der Waals surface area contributed by atoms with Gasteiger partial charge in [0.25, 0.3) is 11.8 Å². The topological polar surface area (TPSA) is 160 Å². The fraction of sp³-hybridized carbons (Fsp3) is 0.231. The predicted molar refractivity (Wildman–Crippen MR) is 163 cm³/mol. The molecule has 0 radical (unpaired) electrons. The van der Waals surface area contributed by atoms with Crippen molar-refractivity contribution in [3.05, 3.63) is 72.1 Å². The summed E-state index contributed by atoms with van der Waals surface area (Å²) in [6.45, 7) is 1.54. The zero-order valence-electron chi connectivity index (χ0n) is 21.3. The van der Waals surface area contributed by atoms with Gasteiger partial charge in [-0.15, -0.1) is 0 Å². The van der Waals surface area contributed by atoms with Gasteiger partial charge in [0, 0.05) is 59.6 Å². The number of halogens is 2. The standard InChI is InChI=1S/C26H30Br2N8O3/c1-35-16-20(34-24(38)17-2-4-18(5-3-17)32-23(37)15-31-26(29)30)14-22(35)25(39)33-19-6-8-21(9-7-19)36(12-10-27)13-11-28/h2-9,14,16H,10-13,15H2,1H3,(H,32,37)(H,33,39)(H,34,38)(H4,29,30,31). The molecule has 0 aliphatic carbocycles. The minimum Gasteiger partial charge on any atom is -0.370 e. The van der Waals surface area contributed by atoms with Crippen LogP contribution in [0.1, 0.15) is 20.8 Å². The van der Waals surface area contributed by atoms with Crippen molar-refractivity contribution in [2.24, 2.45) is 23.5 Å². The smallest absolute Gasteiger partial charge is 0.272 e. The molecule has 13 heteroatoms. The average molecular weight is 662 g/mol. The second kappa shape index (κ2) is 14.4. The first-order valence-electron chi connectivity index (χ1n) is 11.9. The van der Waals surface area contributed by atoms with Crippen LogP contribution < -0.4 is 32.3 Å². The van der Waals surface area contributed by atoms with E-state index in [1.54, 1.807) is 48.1 Å². The number of aromatic nitrogens is 1. The van der Waals surface area contributed by atoms with Crippen LogP contribution in [0.5, 0.6) is 0 Å². The zero-order valence-corrected chi connectivity index (χ0v) is 24.5. The van der Waals surface area contributed by atoms with E-state index in [1.807, 2.05) is 24.3 Å². The number of hydrogen-bond acceptors (Lipinski definition) is 5. The number of nitrogens with one attached hydrogen (secondary N) is 3. The van der Waals surface area contributed by atoms with Crippen molar-refractivity contribution in [2.75, 3.05) is 51.1 Å². The average Bonchev–Trinajstić information content (AvgIpc) is 3.28. The molecule has 0 aliphatic rings. The number of anilines is 4. The van der Waals surface area contributed by atoms with Crippen LogP contribution in [0.2, 0.25) is 0 Å². The van der Waals surface area contributed by atoms with E-state index >= 15 is 0 Å². The number of nitrogens with zero attached hydrogens (tertiary/aromatic N) is 3. The fourth-order valence-corrected chi connectivity index (χ4v) is 4.51. The Balaban J connectivity index is 1.59. The van der Waals surface area contributed by atoms with Gasteiger partial charge in [0.2, 0.25) is 5.91 Å². The van der Waals surface area contributed by atoms with Gasteiger partial charge in [-0.25, -0.2) is 4.99 Å². The van der Waals surface area contributed by atoms with Gasteiger partial charge in [-0.3, -0.25) is 14.4 Å². The number of aryl methyl sites for hydroxylation is 1. The van der Waals surface area contributed by atoms with Crippen LogP contribution in [0.3, 0.4) is 0 Å². The first-order chi connectivity index (χ1) is 18.7. The van der Waals surface area contributed by atoms with Crippen LogP contribution in [-0.2, 0) is 11.8 Å². The molecule has 0 aliphatic heterocycles. The number of benzene rings is 2. The summed E-state index contributed by atoms with van der Waals surface area (Å²) in [4.78, 5) is 43.3. The van der Waals surface area contributed by atoms with Crippen molar-refractivity contribution in [2.45, 2.75) is 0 Å². The molecule has 1 heterocycles. The molecular formula is C26H30Br2N8O3. The highest BCUT2D eigenvalue weighted by Gasteiger charge is 2.15. The lowest BCUT2D eigenvalue weighted by molar-refractivity contribution is -0.114. The molecular weight excluding hydrogens is 632 g/mol. The summed E-state index contributed by atoms with van der Waals surface area (Å²) in [5.74, 6) is -1.23. The van der Waals surface area contributed by atoms with Gasteiger partial charge < -0.3 is 36.9 Å². The maximum absolute atomic E-state index is 12.9. The van der Waals surface area contributed by atoms with Crippen LogP contribution in [0, 0.1) is 0 Å². The van der Waals surface area contributed by atoms with Crippen molar-refractivity contribution in [1.29, 1.82) is 0 Å². The van der Waals surface area contributed by atoms with E-state index in [4.69, 9.17) is 11.5 Å². The number of guanidine groups is 1. The summed E-state index contributed by atoms with van der Waals surface area (Å²) in [6.07, 6.45) is 1.66. The molecule has 3 amide bonds. The molecule has 0 saturated heterocycles. The largest absolute Gasteiger partial charge is 0.370 e. The monoisotopic (exact) mass is 660 g/mol. The number of amides is 3. The molecule has 7 N–H and O–H groups in total. The van der Waals surface area contributed by atoms with Crippen molar-refractivity contribution < 1.29 is 14.4 Å². The Bertz CT molecular complexity index is 1310. The van der Waals surface area contributed by atoms with Gasteiger partial charge in [-0.1, -0.05) is 31.9 Å². The van der Waals surface area contributed by atoms with Gasteiger partial charge in [-0.2, -0.15) is 0 Å². The Kier molecular flexibility index (Phi) is 10.9. The van der Waals surface area contributed by atoms with E-state index in [0.29, 0.717) is 28.3 Å². The van der Waals surface area contributed by atoms with Gasteiger partial charge in [0.15, 0.2) is 5.96 Å². The van der Waals surface area contributed by atoms with Crippen LogP contribution >= 0.6 is 31.9 Å². The molecule has 0 spiro atoms. The van der Waals surface area contributed by atoms with Gasteiger partial charge >= 0.3 is 0 Å². The minimum atomic E-state index is -0.391. The third kappa shape index (κ3) is 8.86. The van der Waals surface area contributed by atoms with Crippen molar-refractivity contribution in [3.63, 3.8) is 0 Å². The van der Waals surface area contributed by atoms with Crippen LogP contribution in [0.4, 0.5) is 22.7 Å². The van der Waals surface area contributed by atoms with Crippen LogP contribution in [-0.4, -0.2) is 58.5 Å². The number of aliphatic imine (C=N–C) groups is 1. The SMILES string of the molecule is Cn1cc(NC(=O)c2ccc(NC(=O)CN=C(N)N)cc2)cc1C(=O)Nc1ccc(N(CCBr)CCBr)cc1. The Morgan fingerprint density at radius 1 is 0.846 bits per heavy atom. The van der Waals surface area contributed by atoms with E-state index in [2.05, 4.69) is 57.7 Å². The maximum Gasteiger partial charge on any atom is 0.272 e. The Labute approximate surface area is 243 Å². The van der Waals surface area contributed by atoms with Crippen molar-refractivity contribution >= 4 is 78.3 Å². The number of alkyl halides is 2. The van der Waals surface area contributed by atoms with E-state index in [9.17, 15) is 14.4 Å². The Hall–Kier alpha value is -3.84. The van der Waals surface area contributed by atoms with Crippen LogP contribution in [0.25, 0.3) is 0 Å². The lowest BCUT2D eigenvalue weighted by Gasteiger charge is -2.23. The quantitative estimate of drug-likeness (QED) is 0.114. The number of carbonyl (C=O) groups excluding carboxylic acids is 3. The van der Waals surface area contributed by atoms with Crippen molar-refractivity contribution in [1.82, 2.24) is 4.57 Å². The molecule has 0 fully saturated rings. The molecule has 2 aromatic carbocycles. The number of carbonyl (C=O) groups is 3. The number of rotatable bonds is 12. The fourth-order valence-electron chi connectivity index (χ4n) is 3.66. The van der Waals surface area contributed by atoms with Crippen LogP contribution in [0.15, 0.2) is 65.8 Å². The zero-order chi connectivity index (χ0) is 28.4. The van der Waals surface area contributed by atoms with Gasteiger partial charge in [-0.05, 0) is 54.6 Å². The Morgan fingerprint density at radius 2 is 1.41 bits per heavy atom. The molecule has 11 nitrogen and oxygen atoms in total. The number of hydrogen-bond donors (Lipinski definition) is 5. The molecule has 3 rings (SSSR count). The highest BCUT2D eigenvalue weighted by molar-refractivity contribution is 9.09.